The number of hydrogen-bond acceptors (Lipinski definition) is 2. The summed E-state index contributed by atoms with van der Waals surface area (Å²) in [4.78, 5) is 2.73. The van der Waals surface area contributed by atoms with Crippen molar-refractivity contribution >= 4 is 17.3 Å². The van der Waals surface area contributed by atoms with Crippen molar-refractivity contribution in [2.24, 2.45) is 11.3 Å². The van der Waals surface area contributed by atoms with Crippen molar-refractivity contribution < 1.29 is 0 Å². The van der Waals surface area contributed by atoms with Gasteiger partial charge in [-0.2, -0.15) is 0 Å². The highest BCUT2D eigenvalue weighted by molar-refractivity contribution is 7.80. The third kappa shape index (κ3) is 5.04. The fourth-order valence-electron chi connectivity index (χ4n) is 8.51. The monoisotopic (exact) mass is 495 g/mol. The van der Waals surface area contributed by atoms with Crippen molar-refractivity contribution in [3.05, 3.63) is 34.9 Å². The number of fused-ring (bicyclic) bond motifs is 3. The highest BCUT2D eigenvalue weighted by Crippen LogP contribution is 2.57. The molecule has 1 saturated heterocycles. The standard InChI is InChI=1S/C31H49N3S/c1-22(2)23-12-14-25-24(20-23)13-15-28-30(3,16-9-17-31(25,28)4)21-32-29(35)33-26-10-5-6-11-27(26)34-18-7-8-19-34/h12,14,20,22,26-28H,5-11,13,15-19,21H2,1-4H3,(H2,32,33,35)/t26?,27?,28?,30-,31+/m0/s1. The zero-order valence-electron chi connectivity index (χ0n) is 22.8. The first-order valence-corrected chi connectivity index (χ1v) is 15.1. The summed E-state index contributed by atoms with van der Waals surface area (Å²) in [6.45, 7) is 13.3. The third-order valence-electron chi connectivity index (χ3n) is 10.5. The molecule has 0 spiro atoms. The maximum atomic E-state index is 5.92. The van der Waals surface area contributed by atoms with Gasteiger partial charge in [0.1, 0.15) is 0 Å². The summed E-state index contributed by atoms with van der Waals surface area (Å²) in [7, 11) is 0. The van der Waals surface area contributed by atoms with Crippen LogP contribution in [-0.4, -0.2) is 41.7 Å². The first kappa shape index (κ1) is 25.5. The Bertz CT molecular complexity index is 906. The quantitative estimate of drug-likeness (QED) is 0.445. The average Bonchev–Trinajstić information content (AvgIpc) is 3.38. The summed E-state index contributed by atoms with van der Waals surface area (Å²) in [5.41, 5.74) is 5.33. The van der Waals surface area contributed by atoms with E-state index >= 15 is 0 Å². The lowest BCUT2D eigenvalue weighted by atomic mass is 9.49. The van der Waals surface area contributed by atoms with E-state index in [1.165, 1.54) is 89.3 Å². The lowest BCUT2D eigenvalue weighted by Crippen LogP contribution is -2.57. The van der Waals surface area contributed by atoms with E-state index in [9.17, 15) is 0 Å². The van der Waals surface area contributed by atoms with E-state index in [0.717, 1.165) is 11.7 Å². The van der Waals surface area contributed by atoms with Crippen LogP contribution >= 0.6 is 12.2 Å². The SMILES string of the molecule is CC(C)c1ccc2c(c1)CCC1[C@](C)(CNC(=S)NC3CCCCC3N3CCCC3)CCC[C@]21C. The smallest absolute Gasteiger partial charge is 0.166 e. The second kappa shape index (κ2) is 10.3. The van der Waals surface area contributed by atoms with Crippen molar-refractivity contribution in [2.45, 2.75) is 122 Å². The van der Waals surface area contributed by atoms with E-state index in [0.29, 0.717) is 23.9 Å². The number of likely N-dealkylation sites (tertiary alicyclic amines) is 1. The molecule has 5 atom stereocenters. The molecule has 3 fully saturated rings. The van der Waals surface area contributed by atoms with E-state index in [-0.39, 0.29) is 10.8 Å². The minimum Gasteiger partial charge on any atom is -0.362 e. The van der Waals surface area contributed by atoms with Crippen LogP contribution in [0.1, 0.15) is 115 Å². The third-order valence-corrected chi connectivity index (χ3v) is 10.7. The molecule has 1 aliphatic heterocycles. The zero-order chi connectivity index (χ0) is 24.6. The Hall–Kier alpha value is -1.13. The van der Waals surface area contributed by atoms with Gasteiger partial charge in [0.05, 0.1) is 0 Å². The number of thiocarbonyl (C=S) groups is 1. The molecule has 1 aromatic carbocycles. The molecule has 3 nitrogen and oxygen atoms in total. The molecular weight excluding hydrogens is 446 g/mol. The molecular formula is C31H49N3S. The van der Waals surface area contributed by atoms with Crippen molar-refractivity contribution in [1.29, 1.82) is 0 Å². The Morgan fingerprint density at radius 1 is 1.03 bits per heavy atom. The van der Waals surface area contributed by atoms with Crippen LogP contribution in [0.5, 0.6) is 0 Å². The van der Waals surface area contributed by atoms with Gasteiger partial charge < -0.3 is 10.6 Å². The van der Waals surface area contributed by atoms with E-state index in [4.69, 9.17) is 12.2 Å². The number of aryl methyl sites for hydroxylation is 1. The summed E-state index contributed by atoms with van der Waals surface area (Å²) in [5.74, 6) is 1.32. The predicted octanol–water partition coefficient (Wildman–Crippen LogP) is 6.69. The van der Waals surface area contributed by atoms with Gasteiger partial charge in [0.15, 0.2) is 5.11 Å². The fourth-order valence-corrected chi connectivity index (χ4v) is 8.73. The van der Waals surface area contributed by atoms with Crippen molar-refractivity contribution in [1.82, 2.24) is 15.5 Å². The molecule has 1 aromatic rings. The Kier molecular flexibility index (Phi) is 7.53. The normalized spacial score (nSPS) is 35.4. The van der Waals surface area contributed by atoms with Gasteiger partial charge in [-0.3, -0.25) is 4.90 Å². The molecule has 0 aromatic heterocycles. The molecule has 4 heteroatoms. The van der Waals surface area contributed by atoms with Gasteiger partial charge >= 0.3 is 0 Å². The molecule has 2 N–H and O–H groups in total. The lowest BCUT2D eigenvalue weighted by molar-refractivity contribution is 0.0291. The van der Waals surface area contributed by atoms with Crippen LogP contribution in [0.25, 0.3) is 0 Å². The minimum atomic E-state index is 0.286. The van der Waals surface area contributed by atoms with E-state index in [2.05, 4.69) is 61.4 Å². The summed E-state index contributed by atoms with van der Waals surface area (Å²) in [6.07, 6.45) is 14.5. The average molecular weight is 496 g/mol. The van der Waals surface area contributed by atoms with Crippen LogP contribution in [-0.2, 0) is 11.8 Å². The van der Waals surface area contributed by atoms with E-state index in [1.807, 2.05) is 0 Å². The minimum absolute atomic E-state index is 0.286. The molecule has 0 amide bonds. The first-order valence-electron chi connectivity index (χ1n) is 14.7. The van der Waals surface area contributed by atoms with Crippen LogP contribution in [0.15, 0.2) is 18.2 Å². The van der Waals surface area contributed by atoms with Gasteiger partial charge in [-0.1, -0.05) is 65.2 Å². The molecule has 4 aliphatic rings. The van der Waals surface area contributed by atoms with Crippen molar-refractivity contribution in [3.8, 4) is 0 Å². The molecule has 2 saturated carbocycles. The van der Waals surface area contributed by atoms with Crippen LogP contribution < -0.4 is 10.6 Å². The van der Waals surface area contributed by atoms with Gasteiger partial charge in [-0.05, 0) is 116 Å². The van der Waals surface area contributed by atoms with Crippen molar-refractivity contribution in [3.63, 3.8) is 0 Å². The molecule has 35 heavy (non-hydrogen) atoms. The second-order valence-electron chi connectivity index (χ2n) is 13.1. The number of nitrogens with zero attached hydrogens (tertiary/aromatic N) is 1. The molecule has 1 heterocycles. The Labute approximate surface area is 220 Å². The number of benzene rings is 1. The Balaban J connectivity index is 1.25. The number of nitrogens with one attached hydrogen (secondary N) is 2. The highest BCUT2D eigenvalue weighted by atomic mass is 32.1. The van der Waals surface area contributed by atoms with Gasteiger partial charge in [0.25, 0.3) is 0 Å². The second-order valence-corrected chi connectivity index (χ2v) is 13.5. The van der Waals surface area contributed by atoms with Crippen LogP contribution in [0.4, 0.5) is 0 Å². The van der Waals surface area contributed by atoms with Gasteiger partial charge in [0, 0.05) is 18.6 Å². The number of hydrogen-bond donors (Lipinski definition) is 2. The predicted molar refractivity (Wildman–Crippen MR) is 152 cm³/mol. The molecule has 3 aliphatic carbocycles. The summed E-state index contributed by atoms with van der Waals surface area (Å²) in [5, 5.41) is 8.44. The molecule has 3 unspecified atom stereocenters. The van der Waals surface area contributed by atoms with E-state index < -0.39 is 0 Å². The zero-order valence-corrected chi connectivity index (χ0v) is 23.6. The summed E-state index contributed by atoms with van der Waals surface area (Å²) in [6, 6.07) is 8.60. The van der Waals surface area contributed by atoms with Crippen LogP contribution in [0, 0.1) is 11.3 Å². The fraction of sp³-hybridized carbons (Fsp3) is 0.774. The lowest BCUT2D eigenvalue weighted by Gasteiger charge is -2.55. The van der Waals surface area contributed by atoms with Crippen LogP contribution in [0.3, 0.4) is 0 Å². The Morgan fingerprint density at radius 2 is 1.80 bits per heavy atom. The molecule has 5 rings (SSSR count). The maximum Gasteiger partial charge on any atom is 0.166 e. The topological polar surface area (TPSA) is 27.3 Å². The van der Waals surface area contributed by atoms with E-state index in [1.54, 1.807) is 11.1 Å². The molecule has 0 radical (unpaired) electrons. The largest absolute Gasteiger partial charge is 0.362 e. The summed E-state index contributed by atoms with van der Waals surface area (Å²) < 4.78 is 0. The number of rotatable bonds is 5. The first-order chi connectivity index (χ1) is 16.8. The summed E-state index contributed by atoms with van der Waals surface area (Å²) >= 11 is 5.92. The van der Waals surface area contributed by atoms with Crippen LogP contribution in [0.2, 0.25) is 0 Å². The highest BCUT2D eigenvalue weighted by Gasteiger charge is 2.51. The maximum absolute atomic E-state index is 5.92. The van der Waals surface area contributed by atoms with Gasteiger partial charge in [-0.15, -0.1) is 0 Å². The van der Waals surface area contributed by atoms with Gasteiger partial charge in [-0.25, -0.2) is 0 Å². The van der Waals surface area contributed by atoms with Gasteiger partial charge in [0.2, 0.25) is 0 Å². The van der Waals surface area contributed by atoms with Crippen molar-refractivity contribution in [2.75, 3.05) is 19.6 Å². The molecule has 194 valence electrons. The Morgan fingerprint density at radius 3 is 2.57 bits per heavy atom. The molecule has 0 bridgehead atoms.